The van der Waals surface area contributed by atoms with Gasteiger partial charge in [0.25, 0.3) is 0 Å². The van der Waals surface area contributed by atoms with E-state index in [0.717, 1.165) is 5.69 Å². The summed E-state index contributed by atoms with van der Waals surface area (Å²) < 4.78 is 18.9. The number of rotatable bonds is 4. The molecule has 2 rings (SSSR count). The highest BCUT2D eigenvalue weighted by atomic mass is 32.1. The van der Waals surface area contributed by atoms with Crippen molar-refractivity contribution in [2.45, 2.75) is 19.6 Å². The third-order valence-electron chi connectivity index (χ3n) is 2.30. The molecule has 17 heavy (non-hydrogen) atoms. The maximum absolute atomic E-state index is 13.6. The maximum Gasteiger partial charge on any atom is 0.165 e. The monoisotopic (exact) mass is 253 g/mol. The Bertz CT molecular complexity index is 485. The summed E-state index contributed by atoms with van der Waals surface area (Å²) in [6.07, 6.45) is -0.683. The number of aromatic nitrogens is 1. The van der Waals surface area contributed by atoms with Crippen molar-refractivity contribution in [1.29, 1.82) is 0 Å². The van der Waals surface area contributed by atoms with Gasteiger partial charge in [0.1, 0.15) is 6.61 Å². The first kappa shape index (κ1) is 12.0. The fourth-order valence-corrected chi connectivity index (χ4v) is 1.90. The van der Waals surface area contributed by atoms with Gasteiger partial charge in [0.15, 0.2) is 11.6 Å². The molecular formula is C12H12FNO2S. The molecule has 0 unspecified atom stereocenters. The molecule has 90 valence electrons. The van der Waals surface area contributed by atoms with E-state index < -0.39 is 11.9 Å². The zero-order valence-corrected chi connectivity index (χ0v) is 10.1. The van der Waals surface area contributed by atoms with E-state index in [0.29, 0.717) is 5.56 Å². The predicted molar refractivity (Wildman–Crippen MR) is 63.5 cm³/mol. The second kappa shape index (κ2) is 5.25. The van der Waals surface area contributed by atoms with Crippen molar-refractivity contribution in [1.82, 2.24) is 4.98 Å². The summed E-state index contributed by atoms with van der Waals surface area (Å²) in [6.45, 7) is 1.83. The smallest absolute Gasteiger partial charge is 0.165 e. The lowest BCUT2D eigenvalue weighted by atomic mass is 10.1. The number of ether oxygens (including phenoxy) is 1. The van der Waals surface area contributed by atoms with Crippen LogP contribution in [0.2, 0.25) is 0 Å². The molecule has 1 heterocycles. The standard InChI is InChI=1S/C12H12FNO2S/c1-8(15)9-2-3-12(11(13)4-9)16-5-10-6-17-7-14-10/h2-4,6-8,15H,5H2,1H3/t8-/m0/s1. The average molecular weight is 253 g/mol. The van der Waals surface area contributed by atoms with Crippen LogP contribution in [0.1, 0.15) is 24.3 Å². The van der Waals surface area contributed by atoms with Crippen LogP contribution in [0.25, 0.3) is 0 Å². The van der Waals surface area contributed by atoms with Gasteiger partial charge in [-0.05, 0) is 24.6 Å². The summed E-state index contributed by atoms with van der Waals surface area (Å²) in [5.41, 5.74) is 3.00. The molecule has 0 bridgehead atoms. The number of halogens is 1. The number of benzene rings is 1. The lowest BCUT2D eigenvalue weighted by molar-refractivity contribution is 0.198. The highest BCUT2D eigenvalue weighted by Crippen LogP contribution is 2.22. The van der Waals surface area contributed by atoms with Crippen molar-refractivity contribution in [2.24, 2.45) is 0 Å². The Morgan fingerprint density at radius 3 is 2.94 bits per heavy atom. The number of hydrogen-bond donors (Lipinski definition) is 1. The van der Waals surface area contributed by atoms with Crippen molar-refractivity contribution < 1.29 is 14.2 Å². The molecule has 1 aromatic carbocycles. The van der Waals surface area contributed by atoms with Gasteiger partial charge < -0.3 is 9.84 Å². The van der Waals surface area contributed by atoms with Crippen LogP contribution in [-0.4, -0.2) is 10.1 Å². The molecule has 5 heteroatoms. The van der Waals surface area contributed by atoms with Gasteiger partial charge in [-0.15, -0.1) is 11.3 Å². The van der Waals surface area contributed by atoms with Crippen molar-refractivity contribution >= 4 is 11.3 Å². The Morgan fingerprint density at radius 2 is 2.35 bits per heavy atom. The molecule has 2 aromatic rings. The van der Waals surface area contributed by atoms with Crippen LogP contribution < -0.4 is 4.74 Å². The van der Waals surface area contributed by atoms with E-state index in [2.05, 4.69) is 4.98 Å². The van der Waals surface area contributed by atoms with E-state index in [1.54, 1.807) is 18.5 Å². The van der Waals surface area contributed by atoms with E-state index >= 15 is 0 Å². The Balaban J connectivity index is 2.06. The number of hydrogen-bond acceptors (Lipinski definition) is 4. The van der Waals surface area contributed by atoms with Crippen LogP contribution in [0, 0.1) is 5.82 Å². The zero-order chi connectivity index (χ0) is 12.3. The van der Waals surface area contributed by atoms with Crippen LogP contribution in [-0.2, 0) is 6.61 Å². The van der Waals surface area contributed by atoms with Gasteiger partial charge in [-0.25, -0.2) is 9.37 Å². The van der Waals surface area contributed by atoms with E-state index in [9.17, 15) is 9.50 Å². The van der Waals surface area contributed by atoms with Gasteiger partial charge in [0.2, 0.25) is 0 Å². The largest absolute Gasteiger partial charge is 0.484 e. The van der Waals surface area contributed by atoms with Crippen LogP contribution in [0.5, 0.6) is 5.75 Å². The fraction of sp³-hybridized carbons (Fsp3) is 0.250. The number of aliphatic hydroxyl groups excluding tert-OH is 1. The lowest BCUT2D eigenvalue weighted by Crippen LogP contribution is -1.99. The fourth-order valence-electron chi connectivity index (χ4n) is 1.35. The van der Waals surface area contributed by atoms with Crippen LogP contribution in [0.3, 0.4) is 0 Å². The SMILES string of the molecule is C[C@H](O)c1ccc(OCc2cscn2)c(F)c1. The van der Waals surface area contributed by atoms with Crippen molar-refractivity contribution in [3.8, 4) is 5.75 Å². The Labute approximate surface area is 103 Å². The Kier molecular flexibility index (Phi) is 3.71. The first-order chi connectivity index (χ1) is 8.16. The Hall–Kier alpha value is -1.46. The quantitative estimate of drug-likeness (QED) is 0.911. The molecule has 1 N–H and O–H groups in total. The van der Waals surface area contributed by atoms with E-state index in [1.807, 2.05) is 5.38 Å². The maximum atomic E-state index is 13.6. The number of thiazole rings is 1. The minimum Gasteiger partial charge on any atom is -0.484 e. The second-order valence-corrected chi connectivity index (χ2v) is 4.35. The molecule has 0 aliphatic carbocycles. The number of nitrogens with zero attached hydrogens (tertiary/aromatic N) is 1. The van der Waals surface area contributed by atoms with Gasteiger partial charge in [0, 0.05) is 5.38 Å². The second-order valence-electron chi connectivity index (χ2n) is 3.63. The first-order valence-corrected chi connectivity index (χ1v) is 6.08. The van der Waals surface area contributed by atoms with E-state index in [-0.39, 0.29) is 12.4 Å². The normalized spacial score (nSPS) is 12.4. The van der Waals surface area contributed by atoms with Crippen molar-refractivity contribution in [3.63, 3.8) is 0 Å². The van der Waals surface area contributed by atoms with E-state index in [4.69, 9.17) is 4.74 Å². The van der Waals surface area contributed by atoms with Crippen LogP contribution in [0.15, 0.2) is 29.1 Å². The first-order valence-electron chi connectivity index (χ1n) is 5.14. The number of aliphatic hydroxyl groups is 1. The minimum atomic E-state index is -0.683. The third kappa shape index (κ3) is 3.01. The molecule has 0 saturated heterocycles. The van der Waals surface area contributed by atoms with Gasteiger partial charge in [0.05, 0.1) is 17.3 Å². The van der Waals surface area contributed by atoms with Crippen molar-refractivity contribution in [2.75, 3.05) is 0 Å². The van der Waals surface area contributed by atoms with Crippen LogP contribution in [0.4, 0.5) is 4.39 Å². The summed E-state index contributed by atoms with van der Waals surface area (Å²) in [5.74, 6) is -0.305. The molecule has 0 saturated carbocycles. The van der Waals surface area contributed by atoms with E-state index in [1.165, 1.54) is 23.5 Å². The summed E-state index contributed by atoms with van der Waals surface area (Å²) in [7, 11) is 0. The molecule has 0 fully saturated rings. The van der Waals surface area contributed by atoms with Crippen molar-refractivity contribution in [3.05, 3.63) is 46.2 Å². The molecule has 0 amide bonds. The van der Waals surface area contributed by atoms with Crippen LogP contribution >= 0.6 is 11.3 Å². The molecule has 1 aromatic heterocycles. The summed E-state index contributed by atoms with van der Waals surface area (Å²) in [5, 5.41) is 11.2. The van der Waals surface area contributed by atoms with Gasteiger partial charge >= 0.3 is 0 Å². The average Bonchev–Trinajstić information content (AvgIpc) is 2.80. The molecule has 0 aliphatic rings. The topological polar surface area (TPSA) is 42.4 Å². The minimum absolute atomic E-state index is 0.169. The highest BCUT2D eigenvalue weighted by Gasteiger charge is 2.08. The zero-order valence-electron chi connectivity index (χ0n) is 9.26. The molecule has 3 nitrogen and oxygen atoms in total. The predicted octanol–water partition coefficient (Wildman–Crippen LogP) is 2.91. The van der Waals surface area contributed by atoms with Gasteiger partial charge in [-0.2, -0.15) is 0 Å². The summed E-state index contributed by atoms with van der Waals surface area (Å²) >= 11 is 1.47. The summed E-state index contributed by atoms with van der Waals surface area (Å²) in [4.78, 5) is 4.04. The Morgan fingerprint density at radius 1 is 1.53 bits per heavy atom. The molecule has 0 radical (unpaired) electrons. The highest BCUT2D eigenvalue weighted by molar-refractivity contribution is 7.07. The molecule has 1 atom stereocenters. The van der Waals surface area contributed by atoms with Gasteiger partial charge in [-0.3, -0.25) is 0 Å². The molecule has 0 spiro atoms. The third-order valence-corrected chi connectivity index (χ3v) is 2.93. The van der Waals surface area contributed by atoms with Gasteiger partial charge in [-0.1, -0.05) is 6.07 Å². The molecule has 0 aliphatic heterocycles. The molecular weight excluding hydrogens is 241 g/mol. The lowest BCUT2D eigenvalue weighted by Gasteiger charge is -2.09. The summed E-state index contributed by atoms with van der Waals surface area (Å²) in [6, 6.07) is 4.44.